The van der Waals surface area contributed by atoms with Gasteiger partial charge in [0.1, 0.15) is 0 Å². The van der Waals surface area contributed by atoms with Crippen LogP contribution in [0.2, 0.25) is 0 Å². The van der Waals surface area contributed by atoms with E-state index in [4.69, 9.17) is 0 Å². The predicted molar refractivity (Wildman–Crippen MR) is 66.2 cm³/mol. The zero-order valence-corrected chi connectivity index (χ0v) is 10.4. The molecule has 18 heavy (non-hydrogen) atoms. The van der Waals surface area contributed by atoms with Gasteiger partial charge in [-0.15, -0.1) is 5.10 Å². The van der Waals surface area contributed by atoms with E-state index in [1.165, 1.54) is 25.7 Å². The summed E-state index contributed by atoms with van der Waals surface area (Å²) in [6, 6.07) is 0.355. The summed E-state index contributed by atoms with van der Waals surface area (Å²) in [5.74, 6) is 0.556. The molecule has 0 unspecified atom stereocenters. The number of carbonyl (C=O) groups is 1. The molecular weight excluding hydrogens is 230 g/mol. The maximum Gasteiger partial charge on any atom is 0.273 e. The van der Waals surface area contributed by atoms with Crippen molar-refractivity contribution in [3.05, 3.63) is 11.9 Å². The topological polar surface area (TPSA) is 71.8 Å². The third-order valence-electron chi connectivity index (χ3n) is 3.90. The molecule has 98 valence electrons. The highest BCUT2D eigenvalue weighted by atomic mass is 16.2. The molecule has 0 atom stereocenters. The van der Waals surface area contributed by atoms with Crippen LogP contribution in [0.5, 0.6) is 0 Å². The zero-order valence-electron chi connectivity index (χ0n) is 10.4. The Bertz CT molecular complexity index is 420. The first-order valence-electron chi connectivity index (χ1n) is 6.73. The van der Waals surface area contributed by atoms with E-state index in [1.807, 2.05) is 0 Å². The first kappa shape index (κ1) is 11.6. The van der Waals surface area contributed by atoms with Gasteiger partial charge in [0.2, 0.25) is 0 Å². The van der Waals surface area contributed by atoms with Crippen molar-refractivity contribution >= 4 is 5.91 Å². The largest absolute Gasteiger partial charge is 0.350 e. The van der Waals surface area contributed by atoms with Crippen LogP contribution < -0.4 is 10.6 Å². The normalized spacial score (nSPS) is 20.9. The van der Waals surface area contributed by atoms with Crippen LogP contribution in [-0.2, 0) is 0 Å². The molecule has 6 heteroatoms. The fourth-order valence-electron chi connectivity index (χ4n) is 2.56. The van der Waals surface area contributed by atoms with Gasteiger partial charge in [-0.3, -0.25) is 4.79 Å². The lowest BCUT2D eigenvalue weighted by atomic mass is 10.1. The van der Waals surface area contributed by atoms with Gasteiger partial charge in [0.15, 0.2) is 5.69 Å². The first-order chi connectivity index (χ1) is 8.83. The van der Waals surface area contributed by atoms with Gasteiger partial charge in [0.05, 0.1) is 12.2 Å². The highest BCUT2D eigenvalue weighted by Gasteiger charge is 2.22. The average Bonchev–Trinajstić information content (AvgIpc) is 2.94. The van der Waals surface area contributed by atoms with Crippen LogP contribution in [0.1, 0.15) is 42.2 Å². The molecule has 1 saturated carbocycles. The predicted octanol–water partition coefficient (Wildman–Crippen LogP) is 0.342. The van der Waals surface area contributed by atoms with E-state index in [0.29, 0.717) is 17.7 Å². The van der Waals surface area contributed by atoms with Crippen molar-refractivity contribution in [1.29, 1.82) is 0 Å². The Morgan fingerprint density at radius 2 is 2.22 bits per heavy atom. The van der Waals surface area contributed by atoms with E-state index < -0.39 is 0 Å². The average molecular weight is 249 g/mol. The minimum atomic E-state index is -0.0968. The molecule has 1 aromatic rings. The molecule has 0 radical (unpaired) electrons. The Balaban J connectivity index is 1.52. The summed E-state index contributed by atoms with van der Waals surface area (Å²) < 4.78 is 1.78. The molecule has 1 aliphatic heterocycles. The summed E-state index contributed by atoms with van der Waals surface area (Å²) in [6.45, 7) is 2.59. The number of hydrogen-bond acceptors (Lipinski definition) is 4. The van der Waals surface area contributed by atoms with Gasteiger partial charge < -0.3 is 10.6 Å². The van der Waals surface area contributed by atoms with Crippen molar-refractivity contribution in [3.63, 3.8) is 0 Å². The summed E-state index contributed by atoms with van der Waals surface area (Å²) in [5, 5.41) is 14.1. The maximum atomic E-state index is 11.9. The van der Waals surface area contributed by atoms with Gasteiger partial charge >= 0.3 is 0 Å². The van der Waals surface area contributed by atoms with Crippen molar-refractivity contribution in [2.24, 2.45) is 5.92 Å². The molecule has 1 amide bonds. The summed E-state index contributed by atoms with van der Waals surface area (Å²) in [7, 11) is 0. The number of nitrogens with zero attached hydrogens (tertiary/aromatic N) is 3. The van der Waals surface area contributed by atoms with Crippen molar-refractivity contribution in [2.45, 2.75) is 31.7 Å². The second-order valence-corrected chi connectivity index (χ2v) is 5.26. The fraction of sp³-hybridized carbons (Fsp3) is 0.750. The monoisotopic (exact) mass is 249 g/mol. The molecular formula is C12H19N5O. The molecule has 0 spiro atoms. The smallest absolute Gasteiger partial charge is 0.273 e. The van der Waals surface area contributed by atoms with Crippen LogP contribution >= 0.6 is 0 Å². The van der Waals surface area contributed by atoms with E-state index in [9.17, 15) is 4.79 Å². The molecule has 2 heterocycles. The minimum Gasteiger partial charge on any atom is -0.350 e. The Kier molecular flexibility index (Phi) is 3.27. The second kappa shape index (κ2) is 5.06. The highest BCUT2D eigenvalue weighted by Crippen LogP contribution is 2.23. The fourth-order valence-corrected chi connectivity index (χ4v) is 2.56. The standard InChI is InChI=1S/C12H19N5O/c18-12(14-5-9-3-1-2-4-9)11-8-17(16-15-11)10-6-13-7-10/h8-10,13H,1-7H2,(H,14,18). The molecule has 2 aliphatic rings. The number of rotatable bonds is 4. The summed E-state index contributed by atoms with van der Waals surface area (Å²) >= 11 is 0. The Morgan fingerprint density at radius 3 is 2.89 bits per heavy atom. The molecule has 0 aromatic carbocycles. The van der Waals surface area contributed by atoms with Crippen LogP contribution in [0.3, 0.4) is 0 Å². The van der Waals surface area contributed by atoms with Gasteiger partial charge in [-0.25, -0.2) is 4.68 Å². The van der Waals surface area contributed by atoms with E-state index in [2.05, 4.69) is 20.9 Å². The molecule has 1 saturated heterocycles. The lowest BCUT2D eigenvalue weighted by Gasteiger charge is -2.26. The third kappa shape index (κ3) is 2.38. The Hall–Kier alpha value is -1.43. The number of nitrogens with one attached hydrogen (secondary N) is 2. The Labute approximate surface area is 106 Å². The van der Waals surface area contributed by atoms with Crippen LogP contribution in [-0.4, -0.2) is 40.5 Å². The summed E-state index contributed by atoms with van der Waals surface area (Å²) in [6.07, 6.45) is 6.81. The molecule has 1 aromatic heterocycles. The van der Waals surface area contributed by atoms with Crippen LogP contribution in [0, 0.1) is 5.92 Å². The van der Waals surface area contributed by atoms with Gasteiger partial charge in [-0.05, 0) is 18.8 Å². The minimum absolute atomic E-state index is 0.0968. The lowest BCUT2D eigenvalue weighted by Crippen LogP contribution is -2.43. The number of amides is 1. The maximum absolute atomic E-state index is 11.9. The lowest BCUT2D eigenvalue weighted by molar-refractivity contribution is 0.0942. The second-order valence-electron chi connectivity index (χ2n) is 5.26. The quantitative estimate of drug-likeness (QED) is 0.807. The van der Waals surface area contributed by atoms with Crippen LogP contribution in [0.15, 0.2) is 6.20 Å². The molecule has 2 fully saturated rings. The molecule has 3 rings (SSSR count). The Morgan fingerprint density at radius 1 is 1.44 bits per heavy atom. The van der Waals surface area contributed by atoms with E-state index in [0.717, 1.165) is 19.6 Å². The summed E-state index contributed by atoms with van der Waals surface area (Å²) in [5.41, 5.74) is 0.430. The van der Waals surface area contributed by atoms with Gasteiger partial charge in [-0.1, -0.05) is 18.1 Å². The van der Waals surface area contributed by atoms with Gasteiger partial charge in [0.25, 0.3) is 5.91 Å². The van der Waals surface area contributed by atoms with Crippen molar-refractivity contribution < 1.29 is 4.79 Å². The van der Waals surface area contributed by atoms with E-state index in [-0.39, 0.29) is 5.91 Å². The van der Waals surface area contributed by atoms with Crippen LogP contribution in [0.25, 0.3) is 0 Å². The molecule has 2 N–H and O–H groups in total. The van der Waals surface area contributed by atoms with E-state index >= 15 is 0 Å². The van der Waals surface area contributed by atoms with Crippen molar-refractivity contribution in [2.75, 3.05) is 19.6 Å². The highest BCUT2D eigenvalue weighted by molar-refractivity contribution is 5.91. The number of carbonyl (C=O) groups excluding carboxylic acids is 1. The molecule has 6 nitrogen and oxygen atoms in total. The molecule has 1 aliphatic carbocycles. The van der Waals surface area contributed by atoms with Gasteiger partial charge in [0, 0.05) is 19.6 Å². The van der Waals surface area contributed by atoms with Crippen molar-refractivity contribution in [3.8, 4) is 0 Å². The van der Waals surface area contributed by atoms with Crippen LogP contribution in [0.4, 0.5) is 0 Å². The molecule has 0 bridgehead atoms. The van der Waals surface area contributed by atoms with Gasteiger partial charge in [-0.2, -0.15) is 0 Å². The first-order valence-corrected chi connectivity index (χ1v) is 6.73. The number of hydrogen-bond donors (Lipinski definition) is 2. The zero-order chi connectivity index (χ0) is 12.4. The summed E-state index contributed by atoms with van der Waals surface area (Å²) in [4.78, 5) is 11.9. The third-order valence-corrected chi connectivity index (χ3v) is 3.90. The SMILES string of the molecule is O=C(NCC1CCCC1)c1cn(C2CNC2)nn1. The number of aromatic nitrogens is 3. The van der Waals surface area contributed by atoms with E-state index in [1.54, 1.807) is 10.9 Å². The van der Waals surface area contributed by atoms with Crippen molar-refractivity contribution in [1.82, 2.24) is 25.6 Å².